The molecule has 0 aliphatic rings. The molecule has 0 saturated heterocycles. The van der Waals surface area contributed by atoms with Crippen molar-refractivity contribution < 1.29 is 4.92 Å². The average molecular weight is 239 g/mol. The first kappa shape index (κ1) is 12.0. The van der Waals surface area contributed by atoms with Gasteiger partial charge in [0.05, 0.1) is 11.3 Å². The molecule has 2 aromatic carbocycles. The van der Waals surface area contributed by atoms with Gasteiger partial charge in [-0.05, 0) is 23.3 Å². The van der Waals surface area contributed by atoms with Crippen molar-refractivity contribution in [3.63, 3.8) is 0 Å². The van der Waals surface area contributed by atoms with Crippen LogP contribution in [0.2, 0.25) is 0 Å². The summed E-state index contributed by atoms with van der Waals surface area (Å²) >= 11 is 0. The van der Waals surface area contributed by atoms with E-state index in [1.54, 1.807) is 0 Å². The molecule has 0 unspecified atom stereocenters. The number of allylic oxidation sites excluding steroid dienone is 1. The van der Waals surface area contributed by atoms with E-state index in [4.69, 9.17) is 0 Å². The summed E-state index contributed by atoms with van der Waals surface area (Å²) in [5.41, 5.74) is 3.15. The van der Waals surface area contributed by atoms with Crippen molar-refractivity contribution in [1.82, 2.24) is 0 Å². The lowest BCUT2D eigenvalue weighted by molar-refractivity contribution is -0.426. The van der Waals surface area contributed by atoms with Gasteiger partial charge in [0.25, 0.3) is 0 Å². The van der Waals surface area contributed by atoms with Crippen LogP contribution < -0.4 is 0 Å². The van der Waals surface area contributed by atoms with Crippen LogP contribution in [0.1, 0.15) is 5.56 Å². The average Bonchev–Trinajstić information content (AvgIpc) is 2.40. The predicted octanol–water partition coefficient (Wildman–Crippen LogP) is 3.69. The Hall–Kier alpha value is -2.42. The van der Waals surface area contributed by atoms with Crippen molar-refractivity contribution in [3.8, 4) is 11.1 Å². The molecule has 0 bridgehead atoms. The topological polar surface area (TPSA) is 43.1 Å². The molecule has 0 saturated carbocycles. The minimum absolute atomic E-state index is 0.0162. The van der Waals surface area contributed by atoms with Gasteiger partial charge in [-0.3, -0.25) is 10.1 Å². The molecule has 0 heterocycles. The van der Waals surface area contributed by atoms with E-state index in [2.05, 4.69) is 6.58 Å². The minimum Gasteiger partial charge on any atom is -0.259 e. The fourth-order valence-corrected chi connectivity index (χ4v) is 1.75. The second-order valence-electron chi connectivity index (χ2n) is 4.06. The summed E-state index contributed by atoms with van der Waals surface area (Å²) in [7, 11) is 0. The first-order chi connectivity index (χ1) is 8.66. The lowest BCUT2D eigenvalue weighted by Crippen LogP contribution is -2.00. The van der Waals surface area contributed by atoms with Crippen LogP contribution in [0.25, 0.3) is 11.1 Å². The second-order valence-corrected chi connectivity index (χ2v) is 4.06. The monoisotopic (exact) mass is 239 g/mol. The maximum Gasteiger partial charge on any atom is 0.243 e. The van der Waals surface area contributed by atoms with Gasteiger partial charge in [0.2, 0.25) is 5.70 Å². The molecule has 18 heavy (non-hydrogen) atoms. The summed E-state index contributed by atoms with van der Waals surface area (Å²) in [5.74, 6) is 0. The quantitative estimate of drug-likeness (QED) is 0.603. The van der Waals surface area contributed by atoms with Crippen LogP contribution in [-0.4, -0.2) is 4.92 Å². The van der Waals surface area contributed by atoms with Gasteiger partial charge in [-0.2, -0.15) is 0 Å². The van der Waals surface area contributed by atoms with Crippen LogP contribution >= 0.6 is 0 Å². The van der Waals surface area contributed by atoms with Crippen LogP contribution in [-0.2, 0) is 6.42 Å². The maximum absolute atomic E-state index is 10.5. The molecule has 2 aromatic rings. The zero-order chi connectivity index (χ0) is 13.0. The normalized spacial score (nSPS) is 10.0. The van der Waals surface area contributed by atoms with Crippen molar-refractivity contribution in [2.24, 2.45) is 0 Å². The Morgan fingerprint density at radius 3 is 2.11 bits per heavy atom. The van der Waals surface area contributed by atoms with E-state index in [-0.39, 0.29) is 12.1 Å². The van der Waals surface area contributed by atoms with Gasteiger partial charge < -0.3 is 0 Å². The van der Waals surface area contributed by atoms with Crippen LogP contribution in [0.5, 0.6) is 0 Å². The Labute approximate surface area is 106 Å². The maximum atomic E-state index is 10.5. The SMILES string of the molecule is C=C(Cc1ccc(-c2ccccc2)cc1)[N+](=O)[O-]. The molecule has 0 atom stereocenters. The molecular formula is C15H13NO2. The molecule has 3 nitrogen and oxygen atoms in total. The molecule has 0 aliphatic carbocycles. The van der Waals surface area contributed by atoms with Gasteiger partial charge >= 0.3 is 0 Å². The second kappa shape index (κ2) is 5.27. The van der Waals surface area contributed by atoms with Crippen molar-refractivity contribution in [2.45, 2.75) is 6.42 Å². The summed E-state index contributed by atoms with van der Waals surface area (Å²) in [6.07, 6.45) is 0.280. The summed E-state index contributed by atoms with van der Waals surface area (Å²) in [4.78, 5) is 10.1. The Morgan fingerprint density at radius 1 is 1.00 bits per heavy atom. The molecular weight excluding hydrogens is 226 g/mol. The highest BCUT2D eigenvalue weighted by Crippen LogP contribution is 2.20. The molecule has 0 spiro atoms. The zero-order valence-corrected chi connectivity index (χ0v) is 9.87. The highest BCUT2D eigenvalue weighted by molar-refractivity contribution is 5.63. The summed E-state index contributed by atoms with van der Waals surface area (Å²) in [6, 6.07) is 17.7. The van der Waals surface area contributed by atoms with Gasteiger partial charge in [0.15, 0.2) is 0 Å². The van der Waals surface area contributed by atoms with E-state index >= 15 is 0 Å². The van der Waals surface area contributed by atoms with Gasteiger partial charge in [-0.25, -0.2) is 0 Å². The molecule has 0 fully saturated rings. The lowest BCUT2D eigenvalue weighted by atomic mass is 10.0. The zero-order valence-electron chi connectivity index (χ0n) is 9.87. The van der Waals surface area contributed by atoms with Gasteiger partial charge in [-0.1, -0.05) is 54.6 Å². The number of hydrogen-bond donors (Lipinski definition) is 0. The summed E-state index contributed by atoms with van der Waals surface area (Å²) in [6.45, 7) is 3.43. The molecule has 0 aromatic heterocycles. The lowest BCUT2D eigenvalue weighted by Gasteiger charge is -2.03. The third-order valence-corrected chi connectivity index (χ3v) is 2.73. The van der Waals surface area contributed by atoms with Gasteiger partial charge in [0.1, 0.15) is 0 Å². The number of rotatable bonds is 4. The van der Waals surface area contributed by atoms with Crippen molar-refractivity contribution in [3.05, 3.63) is 82.6 Å². The van der Waals surface area contributed by atoms with Crippen molar-refractivity contribution in [2.75, 3.05) is 0 Å². The molecule has 0 amide bonds. The number of benzene rings is 2. The minimum atomic E-state index is -0.439. The Balaban J connectivity index is 2.16. The Morgan fingerprint density at radius 2 is 1.56 bits per heavy atom. The third kappa shape index (κ3) is 2.83. The van der Waals surface area contributed by atoms with E-state index in [1.165, 1.54) is 0 Å². The summed E-state index contributed by atoms with van der Waals surface area (Å²) in [5, 5.41) is 10.5. The van der Waals surface area contributed by atoms with Crippen LogP contribution in [0.4, 0.5) is 0 Å². The molecule has 0 N–H and O–H groups in total. The van der Waals surface area contributed by atoms with Crippen LogP contribution in [0, 0.1) is 10.1 Å². The van der Waals surface area contributed by atoms with E-state index in [0.717, 1.165) is 16.7 Å². The predicted molar refractivity (Wildman–Crippen MR) is 71.7 cm³/mol. The summed E-state index contributed by atoms with van der Waals surface area (Å²) < 4.78 is 0. The van der Waals surface area contributed by atoms with Crippen molar-refractivity contribution in [1.29, 1.82) is 0 Å². The third-order valence-electron chi connectivity index (χ3n) is 2.73. The standard InChI is InChI=1S/C15H13NO2/c1-12(16(17)18)11-13-7-9-15(10-8-13)14-5-3-2-4-6-14/h2-10H,1,11H2. The van der Waals surface area contributed by atoms with E-state index in [0.29, 0.717) is 0 Å². The van der Waals surface area contributed by atoms with E-state index < -0.39 is 4.92 Å². The van der Waals surface area contributed by atoms with Crippen LogP contribution in [0.15, 0.2) is 66.9 Å². The van der Waals surface area contributed by atoms with Gasteiger partial charge in [0, 0.05) is 0 Å². The molecule has 2 rings (SSSR count). The molecule has 3 heteroatoms. The van der Waals surface area contributed by atoms with E-state index in [1.807, 2.05) is 54.6 Å². The Bertz CT molecular complexity index is 559. The number of nitrogens with zero attached hydrogens (tertiary/aromatic N) is 1. The van der Waals surface area contributed by atoms with Gasteiger partial charge in [-0.15, -0.1) is 0 Å². The number of nitro groups is 1. The molecule has 0 radical (unpaired) electrons. The highest BCUT2D eigenvalue weighted by Gasteiger charge is 2.07. The smallest absolute Gasteiger partial charge is 0.243 e. The largest absolute Gasteiger partial charge is 0.259 e. The molecule has 90 valence electrons. The first-order valence-electron chi connectivity index (χ1n) is 5.63. The first-order valence-corrected chi connectivity index (χ1v) is 5.63. The van der Waals surface area contributed by atoms with E-state index in [9.17, 15) is 10.1 Å². The fourth-order valence-electron chi connectivity index (χ4n) is 1.75. The molecule has 0 aliphatic heterocycles. The highest BCUT2D eigenvalue weighted by atomic mass is 16.6. The van der Waals surface area contributed by atoms with Crippen molar-refractivity contribution >= 4 is 0 Å². The van der Waals surface area contributed by atoms with Crippen LogP contribution in [0.3, 0.4) is 0 Å². The fraction of sp³-hybridized carbons (Fsp3) is 0.0667. The number of hydrogen-bond acceptors (Lipinski definition) is 2. The Kier molecular flexibility index (Phi) is 3.53.